The Labute approximate surface area is 116 Å². The van der Waals surface area contributed by atoms with Crippen LogP contribution in [-0.2, 0) is 6.42 Å². The highest BCUT2D eigenvalue weighted by Gasteiger charge is 2.11. The summed E-state index contributed by atoms with van der Waals surface area (Å²) >= 11 is 5.73. The van der Waals surface area contributed by atoms with Gasteiger partial charge in [-0.05, 0) is 37.1 Å². The fourth-order valence-corrected chi connectivity index (χ4v) is 1.84. The predicted octanol–water partition coefficient (Wildman–Crippen LogP) is 2.49. The highest BCUT2D eigenvalue weighted by atomic mass is 35.5. The van der Waals surface area contributed by atoms with E-state index in [2.05, 4.69) is 15.3 Å². The molecular weight excluding hydrogens is 262 g/mol. The van der Waals surface area contributed by atoms with Crippen molar-refractivity contribution < 1.29 is 4.79 Å². The fourth-order valence-electron chi connectivity index (χ4n) is 1.73. The van der Waals surface area contributed by atoms with Gasteiger partial charge in [-0.15, -0.1) is 0 Å². The fraction of sp³-hybridized carbons (Fsp3) is 0.214. The Morgan fingerprint density at radius 1 is 1.37 bits per heavy atom. The van der Waals surface area contributed by atoms with Gasteiger partial charge < -0.3 is 5.32 Å². The number of nitrogens with one attached hydrogen (secondary N) is 1. The van der Waals surface area contributed by atoms with Crippen molar-refractivity contribution >= 4 is 17.5 Å². The lowest BCUT2D eigenvalue weighted by Crippen LogP contribution is -2.34. The van der Waals surface area contributed by atoms with E-state index < -0.39 is 0 Å². The molecule has 0 saturated carbocycles. The highest BCUT2D eigenvalue weighted by Crippen LogP contribution is 2.07. The molecule has 0 aliphatic carbocycles. The molecule has 1 atom stereocenters. The van der Waals surface area contributed by atoms with Crippen molar-refractivity contribution in [1.82, 2.24) is 15.3 Å². The molecule has 0 spiro atoms. The second-order valence-corrected chi connectivity index (χ2v) is 4.74. The van der Waals surface area contributed by atoms with Crippen LogP contribution in [0, 0.1) is 0 Å². The smallest absolute Gasteiger partial charge is 0.270 e. The molecule has 0 fully saturated rings. The SMILES string of the molecule is CC(Cc1cccnc1)NC(=O)c1ccc(Cl)cn1. The normalized spacial score (nSPS) is 11.9. The van der Waals surface area contributed by atoms with Gasteiger partial charge in [0.25, 0.3) is 5.91 Å². The quantitative estimate of drug-likeness (QED) is 0.933. The topological polar surface area (TPSA) is 54.9 Å². The summed E-state index contributed by atoms with van der Waals surface area (Å²) in [5.41, 5.74) is 1.45. The van der Waals surface area contributed by atoms with E-state index in [0.717, 1.165) is 12.0 Å². The third kappa shape index (κ3) is 4.03. The van der Waals surface area contributed by atoms with Crippen molar-refractivity contribution in [2.24, 2.45) is 0 Å². The van der Waals surface area contributed by atoms with E-state index in [1.54, 1.807) is 24.5 Å². The van der Waals surface area contributed by atoms with Crippen molar-refractivity contribution in [3.05, 3.63) is 59.1 Å². The molecule has 0 aliphatic rings. The van der Waals surface area contributed by atoms with Crippen molar-refractivity contribution in [1.29, 1.82) is 0 Å². The maximum absolute atomic E-state index is 11.9. The zero-order chi connectivity index (χ0) is 13.7. The number of aromatic nitrogens is 2. The molecule has 0 radical (unpaired) electrons. The summed E-state index contributed by atoms with van der Waals surface area (Å²) < 4.78 is 0. The van der Waals surface area contributed by atoms with Gasteiger partial charge in [0.2, 0.25) is 0 Å². The van der Waals surface area contributed by atoms with Gasteiger partial charge in [0.05, 0.1) is 5.02 Å². The van der Waals surface area contributed by atoms with Crippen LogP contribution in [0.5, 0.6) is 0 Å². The van der Waals surface area contributed by atoms with Gasteiger partial charge >= 0.3 is 0 Å². The zero-order valence-electron chi connectivity index (χ0n) is 10.5. The average Bonchev–Trinajstić information content (AvgIpc) is 2.40. The van der Waals surface area contributed by atoms with Gasteiger partial charge in [-0.3, -0.25) is 9.78 Å². The van der Waals surface area contributed by atoms with Crippen LogP contribution in [0.3, 0.4) is 0 Å². The molecule has 2 heterocycles. The molecule has 2 rings (SSSR count). The van der Waals surface area contributed by atoms with Crippen LogP contribution in [-0.4, -0.2) is 21.9 Å². The number of hydrogen-bond donors (Lipinski definition) is 1. The second kappa shape index (κ2) is 6.29. The number of amides is 1. The lowest BCUT2D eigenvalue weighted by molar-refractivity contribution is 0.0935. The molecule has 5 heteroatoms. The summed E-state index contributed by atoms with van der Waals surface area (Å²) in [5, 5.41) is 3.41. The largest absolute Gasteiger partial charge is 0.348 e. The summed E-state index contributed by atoms with van der Waals surface area (Å²) in [6.07, 6.45) is 5.71. The first-order valence-electron chi connectivity index (χ1n) is 5.96. The third-order valence-corrected chi connectivity index (χ3v) is 2.83. The number of pyridine rings is 2. The van der Waals surface area contributed by atoms with Gasteiger partial charge in [-0.2, -0.15) is 0 Å². The van der Waals surface area contributed by atoms with E-state index in [-0.39, 0.29) is 11.9 Å². The van der Waals surface area contributed by atoms with Gasteiger partial charge in [0, 0.05) is 24.6 Å². The minimum atomic E-state index is -0.201. The standard InChI is InChI=1S/C14H14ClN3O/c1-10(7-11-3-2-6-16-8-11)18-14(19)13-5-4-12(15)9-17-13/h2-6,8-10H,7H2,1H3,(H,18,19). The van der Waals surface area contributed by atoms with Crippen LogP contribution in [0.4, 0.5) is 0 Å². The van der Waals surface area contributed by atoms with E-state index in [0.29, 0.717) is 10.7 Å². The Hall–Kier alpha value is -1.94. The molecule has 0 aromatic carbocycles. The van der Waals surface area contributed by atoms with Crippen LogP contribution < -0.4 is 5.32 Å². The Bertz CT molecular complexity index is 542. The number of rotatable bonds is 4. The van der Waals surface area contributed by atoms with E-state index in [1.165, 1.54) is 6.20 Å². The number of carbonyl (C=O) groups is 1. The number of hydrogen-bond acceptors (Lipinski definition) is 3. The molecule has 2 aromatic heterocycles. The molecule has 4 nitrogen and oxygen atoms in total. The Morgan fingerprint density at radius 2 is 2.21 bits per heavy atom. The van der Waals surface area contributed by atoms with Crippen LogP contribution in [0.15, 0.2) is 42.9 Å². The molecule has 0 bridgehead atoms. The first-order chi connectivity index (χ1) is 9.15. The van der Waals surface area contributed by atoms with Gasteiger partial charge in [0.15, 0.2) is 0 Å². The van der Waals surface area contributed by atoms with E-state index in [9.17, 15) is 4.79 Å². The summed E-state index contributed by atoms with van der Waals surface area (Å²) in [7, 11) is 0. The minimum absolute atomic E-state index is 0.00850. The molecule has 1 unspecified atom stereocenters. The second-order valence-electron chi connectivity index (χ2n) is 4.30. The van der Waals surface area contributed by atoms with E-state index in [1.807, 2.05) is 19.1 Å². The predicted molar refractivity (Wildman–Crippen MR) is 74.1 cm³/mol. The molecule has 1 N–H and O–H groups in total. The molecule has 19 heavy (non-hydrogen) atoms. The minimum Gasteiger partial charge on any atom is -0.348 e. The number of halogens is 1. The van der Waals surface area contributed by atoms with E-state index in [4.69, 9.17) is 11.6 Å². The Morgan fingerprint density at radius 3 is 2.84 bits per heavy atom. The average molecular weight is 276 g/mol. The van der Waals surface area contributed by atoms with Crippen LogP contribution >= 0.6 is 11.6 Å². The molecular formula is C14H14ClN3O. The van der Waals surface area contributed by atoms with Gasteiger partial charge in [0.1, 0.15) is 5.69 Å². The lowest BCUT2D eigenvalue weighted by atomic mass is 10.1. The highest BCUT2D eigenvalue weighted by molar-refractivity contribution is 6.30. The van der Waals surface area contributed by atoms with Crippen molar-refractivity contribution in [2.45, 2.75) is 19.4 Å². The van der Waals surface area contributed by atoms with Crippen molar-refractivity contribution in [2.75, 3.05) is 0 Å². The summed E-state index contributed by atoms with van der Waals surface area (Å²) in [6.45, 7) is 1.95. The maximum atomic E-state index is 11.9. The molecule has 0 saturated heterocycles. The Kier molecular flexibility index (Phi) is 4.47. The number of carbonyl (C=O) groups excluding carboxylic acids is 1. The summed E-state index contributed by atoms with van der Waals surface area (Å²) in [4.78, 5) is 20.0. The van der Waals surface area contributed by atoms with E-state index >= 15 is 0 Å². The molecule has 2 aromatic rings. The van der Waals surface area contributed by atoms with Gasteiger partial charge in [-0.25, -0.2) is 4.98 Å². The summed E-state index contributed by atoms with van der Waals surface area (Å²) in [5.74, 6) is -0.201. The first kappa shape index (κ1) is 13.5. The van der Waals surface area contributed by atoms with Crippen LogP contribution in [0.2, 0.25) is 5.02 Å². The molecule has 1 amide bonds. The molecule has 0 aliphatic heterocycles. The Balaban J connectivity index is 1.93. The summed E-state index contributed by atoms with van der Waals surface area (Å²) in [6, 6.07) is 7.12. The van der Waals surface area contributed by atoms with Crippen LogP contribution in [0.1, 0.15) is 23.0 Å². The van der Waals surface area contributed by atoms with Gasteiger partial charge in [-0.1, -0.05) is 17.7 Å². The first-order valence-corrected chi connectivity index (χ1v) is 6.34. The molecule has 98 valence electrons. The maximum Gasteiger partial charge on any atom is 0.270 e. The van der Waals surface area contributed by atoms with Crippen molar-refractivity contribution in [3.63, 3.8) is 0 Å². The zero-order valence-corrected chi connectivity index (χ0v) is 11.3. The lowest BCUT2D eigenvalue weighted by Gasteiger charge is -2.13. The number of nitrogens with zero attached hydrogens (tertiary/aromatic N) is 2. The monoisotopic (exact) mass is 275 g/mol. The third-order valence-electron chi connectivity index (χ3n) is 2.60. The van der Waals surface area contributed by atoms with Crippen molar-refractivity contribution in [3.8, 4) is 0 Å². The van der Waals surface area contributed by atoms with Crippen LogP contribution in [0.25, 0.3) is 0 Å².